The molecule has 0 aliphatic carbocycles. The second-order valence-corrected chi connectivity index (χ2v) is 4.77. The highest BCUT2D eigenvalue weighted by Crippen LogP contribution is 2.12. The summed E-state index contributed by atoms with van der Waals surface area (Å²) in [6.45, 7) is 1.46. The average Bonchev–Trinajstić information content (AvgIpc) is 1.83. The van der Waals surface area contributed by atoms with Crippen LogP contribution in [0.1, 0.15) is 19.8 Å². The Kier molecular flexibility index (Phi) is 5.08. The van der Waals surface area contributed by atoms with Crippen molar-refractivity contribution in [3.05, 3.63) is 0 Å². The zero-order valence-corrected chi connectivity index (χ0v) is 8.35. The third-order valence-corrected chi connectivity index (χ3v) is 2.95. The van der Waals surface area contributed by atoms with Crippen LogP contribution >= 0.6 is 11.6 Å². The van der Waals surface area contributed by atoms with Crippen LogP contribution in [0.25, 0.3) is 0 Å². The van der Waals surface area contributed by atoms with Gasteiger partial charge in [-0.1, -0.05) is 0 Å². The maximum Gasteiger partial charge on any atom is 0.267 e. The normalized spacial score (nSPS) is 17.3. The van der Waals surface area contributed by atoms with Gasteiger partial charge in [-0.25, -0.2) is 0 Å². The fourth-order valence-electron chi connectivity index (χ4n) is 0.891. The molecule has 0 aromatic rings. The molecule has 0 aliphatic rings. The van der Waals surface area contributed by atoms with Crippen LogP contribution in [0, 0.1) is 0 Å². The van der Waals surface area contributed by atoms with E-state index in [0.717, 1.165) is 0 Å². The first-order valence-corrected chi connectivity index (χ1v) is 5.62. The molecule has 0 aromatic carbocycles. The Bertz CT molecular complexity index is 212. The van der Waals surface area contributed by atoms with Crippen molar-refractivity contribution in [1.82, 2.24) is 0 Å². The van der Waals surface area contributed by atoms with Gasteiger partial charge >= 0.3 is 0 Å². The molecule has 0 spiro atoms. The molecule has 2 unspecified atom stereocenters. The van der Waals surface area contributed by atoms with E-state index in [2.05, 4.69) is 0 Å². The molecule has 0 amide bonds. The number of hydrogen-bond acceptors (Lipinski definition) is 3. The zero-order chi connectivity index (χ0) is 9.78. The second kappa shape index (κ2) is 5.01. The lowest BCUT2D eigenvalue weighted by atomic mass is 10.2. The van der Waals surface area contributed by atoms with Gasteiger partial charge in [-0.05, 0) is 19.8 Å². The van der Waals surface area contributed by atoms with E-state index >= 15 is 0 Å². The Balaban J connectivity index is 4.24. The van der Waals surface area contributed by atoms with Crippen molar-refractivity contribution in [3.8, 4) is 0 Å². The van der Waals surface area contributed by atoms with Gasteiger partial charge in [0.25, 0.3) is 10.1 Å². The van der Waals surface area contributed by atoms with Crippen LogP contribution < -0.4 is 0 Å². The minimum atomic E-state index is -4.07. The monoisotopic (exact) mass is 216 g/mol. The highest BCUT2D eigenvalue weighted by molar-refractivity contribution is 7.86. The minimum Gasteiger partial charge on any atom is -0.393 e. The molecule has 2 N–H and O–H groups in total. The highest BCUT2D eigenvalue weighted by atomic mass is 35.5. The van der Waals surface area contributed by atoms with Gasteiger partial charge in [0.15, 0.2) is 0 Å². The molecule has 12 heavy (non-hydrogen) atoms. The first-order valence-electron chi connectivity index (χ1n) is 3.58. The van der Waals surface area contributed by atoms with Gasteiger partial charge in [0.1, 0.15) is 0 Å². The van der Waals surface area contributed by atoms with Gasteiger partial charge in [-0.15, -0.1) is 11.6 Å². The van der Waals surface area contributed by atoms with Crippen LogP contribution in [0.5, 0.6) is 0 Å². The van der Waals surface area contributed by atoms with Crippen molar-refractivity contribution < 1.29 is 18.1 Å². The number of aliphatic hydroxyl groups excluding tert-OH is 1. The lowest BCUT2D eigenvalue weighted by Crippen LogP contribution is -2.25. The molecule has 0 aliphatic heterocycles. The maximum atomic E-state index is 10.6. The summed E-state index contributed by atoms with van der Waals surface area (Å²) in [5, 5.41) is 7.95. The summed E-state index contributed by atoms with van der Waals surface area (Å²) in [6, 6.07) is 0. The van der Waals surface area contributed by atoms with E-state index < -0.39 is 21.5 Å². The van der Waals surface area contributed by atoms with E-state index in [0.29, 0.717) is 0 Å². The molecule has 0 bridgehead atoms. The Hall–Kier alpha value is 0.160. The van der Waals surface area contributed by atoms with Crippen LogP contribution in [-0.2, 0) is 10.1 Å². The van der Waals surface area contributed by atoms with E-state index in [-0.39, 0.29) is 18.7 Å². The molecule has 0 heterocycles. The lowest BCUT2D eigenvalue weighted by molar-refractivity contribution is 0.180. The zero-order valence-electron chi connectivity index (χ0n) is 6.77. The smallest absolute Gasteiger partial charge is 0.267 e. The number of aliphatic hydroxyl groups is 1. The van der Waals surface area contributed by atoms with Crippen molar-refractivity contribution >= 4 is 21.7 Å². The number of alkyl halides is 1. The van der Waals surface area contributed by atoms with Crippen LogP contribution in [0.15, 0.2) is 0 Å². The van der Waals surface area contributed by atoms with Crippen molar-refractivity contribution in [1.29, 1.82) is 0 Å². The van der Waals surface area contributed by atoms with Gasteiger partial charge in [0, 0.05) is 5.88 Å². The standard InChI is InChI=1S/C6H13ClO4S/c1-5(8)4-6(2-3-7)12(9,10)11/h5-6,8H,2-4H2,1H3,(H,9,10,11). The predicted molar refractivity (Wildman–Crippen MR) is 47.0 cm³/mol. The third kappa shape index (κ3) is 4.92. The van der Waals surface area contributed by atoms with Gasteiger partial charge in [0.05, 0.1) is 11.4 Å². The Morgan fingerprint density at radius 1 is 1.50 bits per heavy atom. The largest absolute Gasteiger partial charge is 0.393 e. The molecular formula is C6H13ClO4S. The van der Waals surface area contributed by atoms with Gasteiger partial charge < -0.3 is 5.11 Å². The summed E-state index contributed by atoms with van der Waals surface area (Å²) in [4.78, 5) is 0. The molecule has 0 aromatic heterocycles. The molecular weight excluding hydrogens is 204 g/mol. The summed E-state index contributed by atoms with van der Waals surface area (Å²) in [6.07, 6.45) is -0.572. The highest BCUT2D eigenvalue weighted by Gasteiger charge is 2.23. The molecule has 0 rings (SSSR count). The fraction of sp³-hybridized carbons (Fsp3) is 1.00. The van der Waals surface area contributed by atoms with E-state index in [1.165, 1.54) is 6.92 Å². The van der Waals surface area contributed by atoms with Crippen molar-refractivity contribution in [2.75, 3.05) is 5.88 Å². The van der Waals surface area contributed by atoms with Crippen LogP contribution in [-0.4, -0.2) is 35.3 Å². The SMILES string of the molecule is CC(O)CC(CCCl)S(=O)(=O)O. The van der Waals surface area contributed by atoms with Crippen LogP contribution in [0.2, 0.25) is 0 Å². The second-order valence-electron chi connectivity index (χ2n) is 2.70. The molecule has 0 radical (unpaired) electrons. The van der Waals surface area contributed by atoms with Crippen molar-refractivity contribution in [3.63, 3.8) is 0 Å². The molecule has 2 atom stereocenters. The first kappa shape index (κ1) is 12.2. The van der Waals surface area contributed by atoms with Gasteiger partial charge in [-0.3, -0.25) is 4.55 Å². The average molecular weight is 217 g/mol. The topological polar surface area (TPSA) is 74.6 Å². The Labute approximate surface area is 77.3 Å². The van der Waals surface area contributed by atoms with Gasteiger partial charge in [-0.2, -0.15) is 8.42 Å². The molecule has 6 heteroatoms. The maximum absolute atomic E-state index is 10.6. The van der Waals surface area contributed by atoms with Crippen LogP contribution in [0.4, 0.5) is 0 Å². The molecule has 4 nitrogen and oxygen atoms in total. The molecule has 0 saturated heterocycles. The predicted octanol–water partition coefficient (Wildman–Crippen LogP) is 0.643. The molecule has 0 fully saturated rings. The number of rotatable bonds is 5. The van der Waals surface area contributed by atoms with Gasteiger partial charge in [0.2, 0.25) is 0 Å². The fourth-order valence-corrected chi connectivity index (χ4v) is 2.22. The van der Waals surface area contributed by atoms with Crippen molar-refractivity contribution in [2.45, 2.75) is 31.1 Å². The van der Waals surface area contributed by atoms with E-state index in [4.69, 9.17) is 21.3 Å². The minimum absolute atomic E-state index is 0.0194. The Morgan fingerprint density at radius 2 is 2.00 bits per heavy atom. The number of hydrogen-bond donors (Lipinski definition) is 2. The summed E-state index contributed by atoms with van der Waals surface area (Å²) < 4.78 is 29.9. The summed E-state index contributed by atoms with van der Waals surface area (Å²) in [5.41, 5.74) is 0. The summed E-state index contributed by atoms with van der Waals surface area (Å²) in [5.74, 6) is 0.150. The third-order valence-electron chi connectivity index (χ3n) is 1.46. The molecule has 0 saturated carbocycles. The first-order chi connectivity index (χ1) is 5.38. The summed E-state index contributed by atoms with van der Waals surface area (Å²) >= 11 is 5.33. The number of halogens is 1. The Morgan fingerprint density at radius 3 is 2.25 bits per heavy atom. The van der Waals surface area contributed by atoms with E-state index in [1.807, 2.05) is 0 Å². The summed E-state index contributed by atoms with van der Waals surface area (Å²) in [7, 11) is -4.07. The lowest BCUT2D eigenvalue weighted by Gasteiger charge is -2.13. The van der Waals surface area contributed by atoms with Crippen molar-refractivity contribution in [2.24, 2.45) is 0 Å². The van der Waals surface area contributed by atoms with E-state index in [1.54, 1.807) is 0 Å². The quantitative estimate of drug-likeness (QED) is 0.523. The van der Waals surface area contributed by atoms with E-state index in [9.17, 15) is 8.42 Å². The molecule has 74 valence electrons. The van der Waals surface area contributed by atoms with Crippen LogP contribution in [0.3, 0.4) is 0 Å².